The molecule has 0 spiro atoms. The zero-order chi connectivity index (χ0) is 38.9. The van der Waals surface area contributed by atoms with E-state index in [0.29, 0.717) is 11.5 Å². The van der Waals surface area contributed by atoms with Crippen LogP contribution in [0.4, 0.5) is 34.1 Å². The Morgan fingerprint density at radius 1 is 0.407 bits per heavy atom. The maximum absolute atomic E-state index is 6.74. The van der Waals surface area contributed by atoms with Gasteiger partial charge in [0, 0.05) is 59.9 Å². The highest BCUT2D eigenvalue weighted by Gasteiger charge is 2.25. The Morgan fingerprint density at radius 3 is 1.86 bits per heavy atom. The Balaban J connectivity index is 1.13. The molecule has 6 heteroatoms. The summed E-state index contributed by atoms with van der Waals surface area (Å²) < 4.78 is 15.5. The molecule has 278 valence electrons. The highest BCUT2D eigenvalue weighted by molar-refractivity contribution is 7.26. The van der Waals surface area contributed by atoms with Gasteiger partial charge in [0.05, 0.1) is 16.1 Å². The number of anilines is 6. The van der Waals surface area contributed by atoms with Crippen molar-refractivity contribution in [3.63, 3.8) is 0 Å². The molecule has 0 saturated carbocycles. The van der Waals surface area contributed by atoms with E-state index < -0.39 is 0 Å². The number of benzene rings is 9. The quantitative estimate of drug-likeness (QED) is 0.161. The van der Waals surface area contributed by atoms with E-state index in [4.69, 9.17) is 13.8 Å². The molecule has 0 aliphatic carbocycles. The van der Waals surface area contributed by atoms with Gasteiger partial charge in [0.25, 0.3) is 0 Å². The number of fused-ring (bicyclic) bond motifs is 8. The standard InChI is InChI=1S/C53H33N3O2S/c1-4-15-34(16-5-1)53-54-50-48(58-53)32-35-31-38(55(36-17-6-2-7-18-36)45-24-14-23-43-42-22-11-13-26-49(42)59-52(43)45)27-29-40(35)51(50)56(37-19-8-3-9-20-37)39-28-30-47-44(33-39)41-21-10-12-25-46(41)57-47/h1-33H. The third kappa shape index (κ3) is 5.49. The third-order valence-corrected chi connectivity index (χ3v) is 12.4. The minimum atomic E-state index is 0.573. The van der Waals surface area contributed by atoms with Crippen molar-refractivity contribution in [1.29, 1.82) is 0 Å². The van der Waals surface area contributed by atoms with E-state index in [9.17, 15) is 0 Å². The molecule has 0 radical (unpaired) electrons. The summed E-state index contributed by atoms with van der Waals surface area (Å²) in [5, 5.41) is 6.73. The third-order valence-electron chi connectivity index (χ3n) is 11.2. The number of hydrogen-bond acceptors (Lipinski definition) is 6. The van der Waals surface area contributed by atoms with Crippen molar-refractivity contribution in [1.82, 2.24) is 4.98 Å². The van der Waals surface area contributed by atoms with Gasteiger partial charge in [-0.05, 0) is 96.4 Å². The fourth-order valence-electron chi connectivity index (χ4n) is 8.57. The fraction of sp³-hybridized carbons (Fsp3) is 0. The summed E-state index contributed by atoms with van der Waals surface area (Å²) in [5.74, 6) is 0.573. The molecular formula is C53H33N3O2S. The van der Waals surface area contributed by atoms with Gasteiger partial charge in [0.2, 0.25) is 5.89 Å². The molecule has 0 fully saturated rings. The summed E-state index contributed by atoms with van der Waals surface area (Å²) in [6.45, 7) is 0. The molecule has 9 aromatic carbocycles. The molecule has 0 aliphatic rings. The van der Waals surface area contributed by atoms with Crippen molar-refractivity contribution in [2.45, 2.75) is 0 Å². The molecule has 0 bridgehead atoms. The average Bonchev–Trinajstić information content (AvgIpc) is 4.01. The molecule has 0 unspecified atom stereocenters. The first kappa shape index (κ1) is 33.5. The lowest BCUT2D eigenvalue weighted by Gasteiger charge is -2.28. The minimum absolute atomic E-state index is 0.573. The van der Waals surface area contributed by atoms with E-state index in [1.54, 1.807) is 0 Å². The lowest BCUT2D eigenvalue weighted by molar-refractivity contribution is 0.620. The topological polar surface area (TPSA) is 45.7 Å². The van der Waals surface area contributed by atoms with Crippen LogP contribution in [0.1, 0.15) is 0 Å². The van der Waals surface area contributed by atoms with Gasteiger partial charge in [0.15, 0.2) is 5.58 Å². The zero-order valence-electron chi connectivity index (χ0n) is 31.6. The van der Waals surface area contributed by atoms with Crippen LogP contribution >= 0.6 is 11.3 Å². The predicted octanol–water partition coefficient (Wildman–Crippen LogP) is 15.9. The number of para-hydroxylation sites is 3. The molecule has 0 saturated heterocycles. The van der Waals surface area contributed by atoms with Gasteiger partial charge in [-0.1, -0.05) is 109 Å². The Morgan fingerprint density at radius 2 is 1.05 bits per heavy atom. The van der Waals surface area contributed by atoms with Crippen LogP contribution in [0.5, 0.6) is 0 Å². The molecular weight excluding hydrogens is 743 g/mol. The van der Waals surface area contributed by atoms with E-state index in [0.717, 1.165) is 77.9 Å². The summed E-state index contributed by atoms with van der Waals surface area (Å²) in [7, 11) is 0. The predicted molar refractivity (Wildman–Crippen MR) is 246 cm³/mol. The van der Waals surface area contributed by atoms with Gasteiger partial charge >= 0.3 is 0 Å². The maximum atomic E-state index is 6.74. The average molecular weight is 776 g/mol. The van der Waals surface area contributed by atoms with Gasteiger partial charge in [0.1, 0.15) is 16.7 Å². The molecule has 59 heavy (non-hydrogen) atoms. The summed E-state index contributed by atoms with van der Waals surface area (Å²) >= 11 is 1.84. The van der Waals surface area contributed by atoms with E-state index in [1.165, 1.54) is 20.2 Å². The number of furan rings is 1. The minimum Gasteiger partial charge on any atom is -0.456 e. The van der Waals surface area contributed by atoms with Crippen LogP contribution in [0.15, 0.2) is 209 Å². The van der Waals surface area contributed by atoms with E-state index in [-0.39, 0.29) is 0 Å². The molecule has 0 aliphatic heterocycles. The maximum Gasteiger partial charge on any atom is 0.227 e. The summed E-state index contributed by atoms with van der Waals surface area (Å²) in [6, 6.07) is 70.2. The monoisotopic (exact) mass is 775 g/mol. The van der Waals surface area contributed by atoms with Crippen LogP contribution in [0, 0.1) is 0 Å². The van der Waals surface area contributed by atoms with Crippen molar-refractivity contribution in [3.05, 3.63) is 200 Å². The number of thiophene rings is 1. The number of nitrogens with zero attached hydrogens (tertiary/aromatic N) is 3. The Bertz CT molecular complexity index is 3520. The molecule has 5 nitrogen and oxygen atoms in total. The second-order valence-corrected chi connectivity index (χ2v) is 15.8. The fourth-order valence-corrected chi connectivity index (χ4v) is 9.78. The first-order valence-electron chi connectivity index (χ1n) is 19.7. The molecule has 0 atom stereocenters. The molecule has 0 amide bonds. The van der Waals surface area contributed by atoms with Crippen LogP contribution in [0.2, 0.25) is 0 Å². The first-order chi connectivity index (χ1) is 29.2. The number of oxazole rings is 1. The first-order valence-corrected chi connectivity index (χ1v) is 20.5. The highest BCUT2D eigenvalue weighted by atomic mass is 32.1. The Labute approximate surface area is 343 Å². The van der Waals surface area contributed by atoms with Gasteiger partial charge in [-0.15, -0.1) is 11.3 Å². The summed E-state index contributed by atoms with van der Waals surface area (Å²) in [6.07, 6.45) is 0. The van der Waals surface area contributed by atoms with Crippen molar-refractivity contribution >= 4 is 109 Å². The van der Waals surface area contributed by atoms with Crippen molar-refractivity contribution in [3.8, 4) is 11.5 Å². The summed E-state index contributed by atoms with van der Waals surface area (Å²) in [5.41, 5.74) is 10.3. The smallest absolute Gasteiger partial charge is 0.227 e. The van der Waals surface area contributed by atoms with Crippen LogP contribution in [-0.4, -0.2) is 4.98 Å². The van der Waals surface area contributed by atoms with Crippen molar-refractivity contribution in [2.24, 2.45) is 0 Å². The van der Waals surface area contributed by atoms with Crippen molar-refractivity contribution < 1.29 is 8.83 Å². The van der Waals surface area contributed by atoms with Gasteiger partial charge in [-0.3, -0.25) is 0 Å². The number of hydrogen-bond donors (Lipinski definition) is 0. The molecule has 12 rings (SSSR count). The SMILES string of the molecule is c1ccc(-c2nc3c(N(c4ccccc4)c4ccc5oc6ccccc6c5c4)c4ccc(N(c5ccccc5)c5cccc6c5sc5ccccc56)cc4cc3o2)cc1. The van der Waals surface area contributed by atoms with E-state index in [1.807, 2.05) is 53.8 Å². The second-order valence-electron chi connectivity index (χ2n) is 14.7. The van der Waals surface area contributed by atoms with Gasteiger partial charge in [-0.25, -0.2) is 4.98 Å². The number of rotatable bonds is 7. The lowest BCUT2D eigenvalue weighted by Crippen LogP contribution is -2.12. The van der Waals surface area contributed by atoms with E-state index >= 15 is 0 Å². The zero-order valence-corrected chi connectivity index (χ0v) is 32.4. The van der Waals surface area contributed by atoms with Crippen molar-refractivity contribution in [2.75, 3.05) is 9.80 Å². The normalized spacial score (nSPS) is 11.7. The van der Waals surface area contributed by atoms with Crippen LogP contribution in [0.3, 0.4) is 0 Å². The Hall–Kier alpha value is -7.67. The van der Waals surface area contributed by atoms with Gasteiger partial charge in [-0.2, -0.15) is 0 Å². The Kier molecular flexibility index (Phi) is 7.64. The highest BCUT2D eigenvalue weighted by Crippen LogP contribution is 2.49. The molecule has 0 N–H and O–H groups in total. The number of aromatic nitrogens is 1. The van der Waals surface area contributed by atoms with Crippen LogP contribution in [0.25, 0.3) is 75.4 Å². The largest absolute Gasteiger partial charge is 0.456 e. The second kappa shape index (κ2) is 13.5. The van der Waals surface area contributed by atoms with Crippen LogP contribution < -0.4 is 9.80 Å². The van der Waals surface area contributed by atoms with Gasteiger partial charge < -0.3 is 18.6 Å². The molecule has 12 aromatic rings. The summed E-state index contributed by atoms with van der Waals surface area (Å²) in [4.78, 5) is 9.97. The van der Waals surface area contributed by atoms with Crippen LogP contribution in [-0.2, 0) is 0 Å². The van der Waals surface area contributed by atoms with E-state index in [2.05, 4.69) is 168 Å². The lowest BCUT2D eigenvalue weighted by atomic mass is 10.0. The molecule has 3 heterocycles. The molecule has 3 aromatic heterocycles.